The molecule has 4 rings (SSSR count). The first-order chi connectivity index (χ1) is 10.1. The second kappa shape index (κ2) is 4.61. The molecule has 2 aromatic rings. The van der Waals surface area contributed by atoms with Gasteiger partial charge in [0.15, 0.2) is 11.2 Å². The minimum Gasteiger partial charge on any atom is -0.341 e. The molecule has 1 aliphatic heterocycles. The van der Waals surface area contributed by atoms with E-state index in [2.05, 4.69) is 43.1 Å². The molecular weight excluding hydrogens is 332 g/mol. The van der Waals surface area contributed by atoms with E-state index in [9.17, 15) is 4.79 Å². The summed E-state index contributed by atoms with van der Waals surface area (Å²) < 4.78 is 0.603. The van der Waals surface area contributed by atoms with E-state index >= 15 is 0 Å². The summed E-state index contributed by atoms with van der Waals surface area (Å²) in [5.41, 5.74) is 3.18. The van der Waals surface area contributed by atoms with Crippen LogP contribution in [-0.2, 0) is 5.41 Å². The number of H-pyrrole nitrogens is 1. The molecule has 0 amide bonds. The first kappa shape index (κ1) is 13.4. The Kier molecular flexibility index (Phi) is 2.94. The van der Waals surface area contributed by atoms with Crippen molar-refractivity contribution < 1.29 is 0 Å². The van der Waals surface area contributed by atoms with E-state index in [0.717, 1.165) is 43.6 Å². The molecule has 0 unspecified atom stereocenters. The number of pyridine rings is 1. The topological polar surface area (TPSA) is 70.7 Å². The zero-order valence-corrected chi connectivity index (χ0v) is 13.5. The van der Waals surface area contributed by atoms with Crippen molar-refractivity contribution in [2.75, 3.05) is 13.1 Å². The predicted octanol–water partition coefficient (Wildman–Crippen LogP) is 2.21. The van der Waals surface area contributed by atoms with Crippen LogP contribution in [0.25, 0.3) is 11.2 Å². The maximum absolute atomic E-state index is 13.0. The van der Waals surface area contributed by atoms with Crippen molar-refractivity contribution in [3.8, 4) is 0 Å². The second-order valence-corrected chi connectivity index (χ2v) is 7.08. The molecule has 1 atom stereocenters. The smallest absolute Gasteiger partial charge is 0.213 e. The largest absolute Gasteiger partial charge is 0.341 e. The van der Waals surface area contributed by atoms with Crippen LogP contribution < -0.4 is 10.7 Å². The maximum Gasteiger partial charge on any atom is 0.213 e. The van der Waals surface area contributed by atoms with Gasteiger partial charge in [-0.1, -0.05) is 6.92 Å². The highest BCUT2D eigenvalue weighted by atomic mass is 79.9. The van der Waals surface area contributed by atoms with Crippen molar-refractivity contribution in [3.63, 3.8) is 0 Å². The molecule has 1 spiro atoms. The fourth-order valence-electron chi connectivity index (χ4n) is 4.09. The Bertz CT molecular complexity index is 779. The molecule has 0 radical (unpaired) electrons. The number of rotatable bonds is 0. The molecule has 2 N–H and O–H groups in total. The molecule has 110 valence electrons. The number of aromatic nitrogens is 3. The summed E-state index contributed by atoms with van der Waals surface area (Å²) >= 11 is 3.31. The quantitative estimate of drug-likeness (QED) is 0.765. The van der Waals surface area contributed by atoms with Crippen molar-refractivity contribution in [3.05, 3.63) is 32.3 Å². The van der Waals surface area contributed by atoms with Gasteiger partial charge in [0, 0.05) is 16.7 Å². The summed E-state index contributed by atoms with van der Waals surface area (Å²) in [5.74, 6) is 0.376. The molecule has 0 saturated carbocycles. The standard InChI is InChI=1S/C15H17BrN4O/c1-8-6-15(2-4-17-5-3-15)10-11(8)20-14-12(13(10)21)19-9(16)7-18-14/h7-8,17H,2-6H2,1H3,(H,18,20,21)/t8-/m0/s1. The molecule has 1 saturated heterocycles. The van der Waals surface area contributed by atoms with Crippen LogP contribution in [0.2, 0.25) is 0 Å². The Hall–Kier alpha value is -1.27. The summed E-state index contributed by atoms with van der Waals surface area (Å²) in [5, 5.41) is 3.40. The molecule has 0 bridgehead atoms. The monoisotopic (exact) mass is 348 g/mol. The van der Waals surface area contributed by atoms with Gasteiger partial charge in [-0.15, -0.1) is 0 Å². The van der Waals surface area contributed by atoms with Gasteiger partial charge in [0.1, 0.15) is 4.60 Å². The van der Waals surface area contributed by atoms with Gasteiger partial charge in [0.2, 0.25) is 5.43 Å². The van der Waals surface area contributed by atoms with Crippen LogP contribution in [-0.4, -0.2) is 28.0 Å². The zero-order valence-electron chi connectivity index (χ0n) is 11.9. The molecule has 21 heavy (non-hydrogen) atoms. The number of nitrogens with one attached hydrogen (secondary N) is 2. The fourth-order valence-corrected chi connectivity index (χ4v) is 4.37. The fraction of sp³-hybridized carbons (Fsp3) is 0.533. The van der Waals surface area contributed by atoms with Gasteiger partial charge < -0.3 is 10.3 Å². The van der Waals surface area contributed by atoms with Crippen molar-refractivity contribution in [2.24, 2.45) is 0 Å². The highest BCUT2D eigenvalue weighted by Gasteiger charge is 2.45. The molecule has 1 fully saturated rings. The number of halogens is 1. The molecule has 0 aromatic carbocycles. The van der Waals surface area contributed by atoms with Gasteiger partial charge in [-0.3, -0.25) is 4.79 Å². The van der Waals surface area contributed by atoms with E-state index in [1.54, 1.807) is 6.20 Å². The number of hydrogen-bond acceptors (Lipinski definition) is 4. The van der Waals surface area contributed by atoms with Crippen LogP contribution in [0.1, 0.15) is 43.4 Å². The minimum absolute atomic E-state index is 0.0196. The Morgan fingerprint density at radius 1 is 1.38 bits per heavy atom. The van der Waals surface area contributed by atoms with Gasteiger partial charge in [-0.05, 0) is 54.2 Å². The third kappa shape index (κ3) is 1.89. The van der Waals surface area contributed by atoms with E-state index < -0.39 is 0 Å². The summed E-state index contributed by atoms with van der Waals surface area (Å²) in [6, 6.07) is 0. The van der Waals surface area contributed by atoms with E-state index in [1.807, 2.05) is 0 Å². The van der Waals surface area contributed by atoms with E-state index in [1.165, 1.54) is 0 Å². The molecule has 2 aromatic heterocycles. The highest BCUT2D eigenvalue weighted by molar-refractivity contribution is 9.10. The normalized spacial score (nSPS) is 23.6. The summed E-state index contributed by atoms with van der Waals surface area (Å²) in [7, 11) is 0. The van der Waals surface area contributed by atoms with Crippen molar-refractivity contribution >= 4 is 27.1 Å². The SMILES string of the molecule is C[C@H]1CC2(CCNCC2)c2c1[nH]c1ncc(Br)nc1c2=O. The maximum atomic E-state index is 13.0. The van der Waals surface area contributed by atoms with Gasteiger partial charge in [-0.2, -0.15) is 0 Å². The summed E-state index contributed by atoms with van der Waals surface area (Å²) in [6.45, 7) is 4.16. The van der Waals surface area contributed by atoms with Gasteiger partial charge in [0.05, 0.1) is 6.20 Å². The lowest BCUT2D eigenvalue weighted by atomic mass is 9.74. The first-order valence-electron chi connectivity index (χ1n) is 7.40. The van der Waals surface area contributed by atoms with Crippen molar-refractivity contribution in [2.45, 2.75) is 37.5 Å². The van der Waals surface area contributed by atoms with Crippen molar-refractivity contribution in [1.82, 2.24) is 20.3 Å². The van der Waals surface area contributed by atoms with Gasteiger partial charge in [-0.25, -0.2) is 9.97 Å². The average molecular weight is 349 g/mol. The number of piperidine rings is 1. The van der Waals surface area contributed by atoms with Gasteiger partial charge >= 0.3 is 0 Å². The Balaban J connectivity index is 2.03. The van der Waals surface area contributed by atoms with Gasteiger partial charge in [0.25, 0.3) is 0 Å². The van der Waals surface area contributed by atoms with E-state index in [0.29, 0.717) is 21.7 Å². The Labute approximate surface area is 130 Å². The number of nitrogens with zero attached hydrogens (tertiary/aromatic N) is 2. The molecule has 6 heteroatoms. The number of fused-ring (bicyclic) bond motifs is 3. The Morgan fingerprint density at radius 3 is 2.90 bits per heavy atom. The average Bonchev–Trinajstić information content (AvgIpc) is 2.73. The Morgan fingerprint density at radius 2 is 2.14 bits per heavy atom. The molecule has 3 heterocycles. The highest BCUT2D eigenvalue weighted by Crippen LogP contribution is 2.48. The minimum atomic E-state index is 0.0196. The first-order valence-corrected chi connectivity index (χ1v) is 8.20. The van der Waals surface area contributed by atoms with E-state index in [4.69, 9.17) is 0 Å². The van der Waals surface area contributed by atoms with Crippen LogP contribution in [0.3, 0.4) is 0 Å². The summed E-state index contributed by atoms with van der Waals surface area (Å²) in [6.07, 6.45) is 4.73. The lowest BCUT2D eigenvalue weighted by molar-refractivity contribution is 0.295. The van der Waals surface area contributed by atoms with Crippen LogP contribution in [0.5, 0.6) is 0 Å². The summed E-state index contributed by atoms with van der Waals surface area (Å²) in [4.78, 5) is 25.1. The predicted molar refractivity (Wildman–Crippen MR) is 84.7 cm³/mol. The lowest BCUT2D eigenvalue weighted by Gasteiger charge is -2.34. The second-order valence-electron chi connectivity index (χ2n) is 6.27. The van der Waals surface area contributed by atoms with Crippen molar-refractivity contribution in [1.29, 1.82) is 0 Å². The zero-order chi connectivity index (χ0) is 14.6. The van der Waals surface area contributed by atoms with E-state index in [-0.39, 0.29) is 10.8 Å². The third-order valence-electron chi connectivity index (χ3n) is 4.99. The van der Waals surface area contributed by atoms with Crippen LogP contribution in [0.15, 0.2) is 15.6 Å². The molecule has 2 aliphatic rings. The number of aromatic amines is 1. The lowest BCUT2D eigenvalue weighted by Crippen LogP contribution is -2.41. The van der Waals surface area contributed by atoms with Crippen LogP contribution in [0.4, 0.5) is 0 Å². The third-order valence-corrected chi connectivity index (χ3v) is 5.37. The van der Waals surface area contributed by atoms with Crippen LogP contribution >= 0.6 is 15.9 Å². The molecule has 1 aliphatic carbocycles. The molecular formula is C15H17BrN4O. The number of hydrogen-bond donors (Lipinski definition) is 2. The molecule has 5 nitrogen and oxygen atoms in total. The van der Waals surface area contributed by atoms with Crippen LogP contribution in [0, 0.1) is 0 Å².